The van der Waals surface area contributed by atoms with Gasteiger partial charge in [-0.15, -0.1) is 0 Å². The largest absolute Gasteiger partial charge is 0.348 e. The Labute approximate surface area is 140 Å². The van der Waals surface area contributed by atoms with Crippen LogP contribution in [0.2, 0.25) is 0 Å². The van der Waals surface area contributed by atoms with Crippen LogP contribution >= 0.6 is 0 Å². The molecule has 0 radical (unpaired) electrons. The molecule has 1 heterocycles. The maximum Gasteiger partial charge on any atom is 0.257 e. The van der Waals surface area contributed by atoms with Crippen molar-refractivity contribution in [2.75, 3.05) is 0 Å². The number of rotatable bonds is 5. The van der Waals surface area contributed by atoms with Gasteiger partial charge in [0.15, 0.2) is 5.82 Å². The Kier molecular flexibility index (Phi) is 4.70. The first kappa shape index (κ1) is 15.9. The number of benzene rings is 2. The van der Waals surface area contributed by atoms with E-state index in [0.717, 1.165) is 11.1 Å². The van der Waals surface area contributed by atoms with Gasteiger partial charge in [-0.3, -0.25) is 4.79 Å². The number of nitrogens with zero attached hydrogens (tertiary/aromatic N) is 2. The number of aromatic nitrogens is 2. The SMILES string of the molecule is Cc1ccc(-c2nc(CNC(=O)[C@H](C)c3ccccc3)no2)cc1. The molecule has 0 spiro atoms. The second-order valence-corrected chi connectivity index (χ2v) is 5.73. The maximum absolute atomic E-state index is 12.2. The summed E-state index contributed by atoms with van der Waals surface area (Å²) in [5.74, 6) is 0.618. The average molecular weight is 321 g/mol. The highest BCUT2D eigenvalue weighted by Crippen LogP contribution is 2.18. The highest BCUT2D eigenvalue weighted by molar-refractivity contribution is 5.83. The molecule has 0 saturated heterocycles. The van der Waals surface area contributed by atoms with Crippen molar-refractivity contribution < 1.29 is 9.32 Å². The van der Waals surface area contributed by atoms with Crippen LogP contribution in [0.15, 0.2) is 59.1 Å². The van der Waals surface area contributed by atoms with E-state index in [4.69, 9.17) is 4.52 Å². The number of amides is 1. The van der Waals surface area contributed by atoms with E-state index < -0.39 is 0 Å². The third kappa shape index (κ3) is 3.68. The van der Waals surface area contributed by atoms with Crippen LogP contribution in [0.5, 0.6) is 0 Å². The van der Waals surface area contributed by atoms with Crippen LogP contribution in [0.25, 0.3) is 11.5 Å². The number of hydrogen-bond donors (Lipinski definition) is 1. The van der Waals surface area contributed by atoms with E-state index in [1.807, 2.05) is 68.4 Å². The average Bonchev–Trinajstić information content (AvgIpc) is 3.09. The van der Waals surface area contributed by atoms with E-state index >= 15 is 0 Å². The van der Waals surface area contributed by atoms with Gasteiger partial charge in [0.2, 0.25) is 5.91 Å². The summed E-state index contributed by atoms with van der Waals surface area (Å²) in [6.07, 6.45) is 0. The molecule has 3 rings (SSSR count). The van der Waals surface area contributed by atoms with Crippen LogP contribution in [0.3, 0.4) is 0 Å². The van der Waals surface area contributed by atoms with E-state index in [1.165, 1.54) is 5.56 Å². The first-order valence-corrected chi connectivity index (χ1v) is 7.86. The fourth-order valence-electron chi connectivity index (χ4n) is 2.35. The van der Waals surface area contributed by atoms with Gasteiger partial charge >= 0.3 is 0 Å². The predicted octanol–water partition coefficient (Wildman–Crippen LogP) is 3.46. The summed E-state index contributed by atoms with van der Waals surface area (Å²) < 4.78 is 5.26. The van der Waals surface area contributed by atoms with Crippen molar-refractivity contribution in [3.63, 3.8) is 0 Å². The predicted molar refractivity (Wildman–Crippen MR) is 91.2 cm³/mol. The molecule has 3 aromatic rings. The summed E-state index contributed by atoms with van der Waals surface area (Å²) in [4.78, 5) is 16.6. The number of carbonyl (C=O) groups excluding carboxylic acids is 1. The third-order valence-corrected chi connectivity index (χ3v) is 3.88. The lowest BCUT2D eigenvalue weighted by molar-refractivity contribution is -0.122. The van der Waals surface area contributed by atoms with Gasteiger partial charge in [0.1, 0.15) is 0 Å². The van der Waals surface area contributed by atoms with Gasteiger partial charge in [-0.1, -0.05) is 53.2 Å². The van der Waals surface area contributed by atoms with Crippen molar-refractivity contribution in [2.24, 2.45) is 0 Å². The number of aryl methyl sites for hydroxylation is 1. The Balaban J connectivity index is 1.61. The van der Waals surface area contributed by atoms with Gasteiger partial charge in [0, 0.05) is 5.56 Å². The third-order valence-electron chi connectivity index (χ3n) is 3.88. The van der Waals surface area contributed by atoms with Crippen molar-refractivity contribution in [3.8, 4) is 11.5 Å². The molecule has 1 atom stereocenters. The molecule has 0 unspecified atom stereocenters. The molecule has 1 N–H and O–H groups in total. The minimum Gasteiger partial charge on any atom is -0.348 e. The van der Waals surface area contributed by atoms with Crippen LogP contribution in [0.4, 0.5) is 0 Å². The van der Waals surface area contributed by atoms with Crippen LogP contribution in [-0.4, -0.2) is 16.0 Å². The Morgan fingerprint density at radius 1 is 1.12 bits per heavy atom. The summed E-state index contributed by atoms with van der Waals surface area (Å²) >= 11 is 0. The molecule has 1 aromatic heterocycles. The van der Waals surface area contributed by atoms with Gasteiger partial charge < -0.3 is 9.84 Å². The highest BCUT2D eigenvalue weighted by atomic mass is 16.5. The van der Waals surface area contributed by atoms with Gasteiger partial charge in [0.05, 0.1) is 12.5 Å². The molecule has 0 fully saturated rings. The van der Waals surface area contributed by atoms with Crippen LogP contribution in [0, 0.1) is 6.92 Å². The molecule has 24 heavy (non-hydrogen) atoms. The molecule has 1 amide bonds. The first-order valence-electron chi connectivity index (χ1n) is 7.86. The zero-order chi connectivity index (χ0) is 16.9. The Morgan fingerprint density at radius 3 is 2.54 bits per heavy atom. The van der Waals surface area contributed by atoms with Crippen molar-refractivity contribution in [1.29, 1.82) is 0 Å². The molecular weight excluding hydrogens is 302 g/mol. The molecule has 5 nitrogen and oxygen atoms in total. The summed E-state index contributed by atoms with van der Waals surface area (Å²) in [6.45, 7) is 4.14. The molecule has 0 bridgehead atoms. The number of hydrogen-bond acceptors (Lipinski definition) is 4. The molecule has 0 aliphatic rings. The van der Waals surface area contributed by atoms with Crippen molar-refractivity contribution >= 4 is 5.91 Å². The molecule has 0 aliphatic carbocycles. The quantitative estimate of drug-likeness (QED) is 0.781. The first-order chi connectivity index (χ1) is 11.6. The second-order valence-electron chi connectivity index (χ2n) is 5.73. The van der Waals surface area contributed by atoms with Gasteiger partial charge in [-0.25, -0.2) is 0 Å². The zero-order valence-electron chi connectivity index (χ0n) is 13.7. The lowest BCUT2D eigenvalue weighted by Gasteiger charge is -2.11. The zero-order valence-corrected chi connectivity index (χ0v) is 13.7. The minimum atomic E-state index is -0.227. The summed E-state index contributed by atoms with van der Waals surface area (Å²) in [6, 6.07) is 17.5. The molecular formula is C19H19N3O2. The highest BCUT2D eigenvalue weighted by Gasteiger charge is 2.16. The number of carbonyl (C=O) groups is 1. The summed E-state index contributed by atoms with van der Waals surface area (Å²) in [7, 11) is 0. The van der Waals surface area contributed by atoms with Crippen LogP contribution in [-0.2, 0) is 11.3 Å². The van der Waals surface area contributed by atoms with E-state index in [1.54, 1.807) is 0 Å². The van der Waals surface area contributed by atoms with Gasteiger partial charge in [-0.2, -0.15) is 4.98 Å². The van der Waals surface area contributed by atoms with Gasteiger partial charge in [0.25, 0.3) is 5.89 Å². The van der Waals surface area contributed by atoms with Gasteiger partial charge in [-0.05, 0) is 31.5 Å². The fraction of sp³-hybridized carbons (Fsp3) is 0.211. The van der Waals surface area contributed by atoms with Crippen molar-refractivity contribution in [1.82, 2.24) is 15.5 Å². The van der Waals surface area contributed by atoms with E-state index in [-0.39, 0.29) is 18.4 Å². The Hall–Kier alpha value is -2.95. The van der Waals surface area contributed by atoms with E-state index in [9.17, 15) is 4.79 Å². The number of nitrogens with one attached hydrogen (secondary N) is 1. The Morgan fingerprint density at radius 2 is 1.83 bits per heavy atom. The van der Waals surface area contributed by atoms with Crippen LogP contribution in [0.1, 0.15) is 29.8 Å². The normalized spacial score (nSPS) is 11.9. The smallest absolute Gasteiger partial charge is 0.257 e. The molecule has 0 aliphatic heterocycles. The monoisotopic (exact) mass is 321 g/mol. The van der Waals surface area contributed by atoms with E-state index in [0.29, 0.717) is 11.7 Å². The molecule has 5 heteroatoms. The van der Waals surface area contributed by atoms with E-state index in [2.05, 4.69) is 15.5 Å². The standard InChI is InChI=1S/C19H19N3O2/c1-13-8-10-16(11-9-13)19-21-17(22-24-19)12-20-18(23)14(2)15-6-4-3-5-7-15/h3-11,14H,12H2,1-2H3,(H,20,23)/t14-/m1/s1. The van der Waals surface area contributed by atoms with Crippen LogP contribution < -0.4 is 5.32 Å². The summed E-state index contributed by atoms with van der Waals surface area (Å²) in [5, 5.41) is 6.77. The fourth-order valence-corrected chi connectivity index (χ4v) is 2.35. The van der Waals surface area contributed by atoms with Crippen molar-refractivity contribution in [3.05, 3.63) is 71.5 Å². The molecule has 122 valence electrons. The Bertz CT molecular complexity index is 810. The molecule has 2 aromatic carbocycles. The summed E-state index contributed by atoms with van der Waals surface area (Å²) in [5.41, 5.74) is 3.01. The lowest BCUT2D eigenvalue weighted by Crippen LogP contribution is -2.27. The lowest BCUT2D eigenvalue weighted by atomic mass is 10.0. The molecule has 0 saturated carbocycles. The van der Waals surface area contributed by atoms with Crippen molar-refractivity contribution in [2.45, 2.75) is 26.3 Å². The topological polar surface area (TPSA) is 68.0 Å². The maximum atomic E-state index is 12.2. The second kappa shape index (κ2) is 7.08. The minimum absolute atomic E-state index is 0.0668.